The predicted molar refractivity (Wildman–Crippen MR) is 101 cm³/mol. The van der Waals surface area contributed by atoms with Crippen molar-refractivity contribution in [1.82, 2.24) is 14.6 Å². The van der Waals surface area contributed by atoms with E-state index in [0.717, 1.165) is 11.3 Å². The number of alkyl halides is 1. The number of carbonyl (C=O) groups is 3. The van der Waals surface area contributed by atoms with E-state index in [1.165, 1.54) is 5.38 Å². The average molecular weight is 478 g/mol. The number of anilines is 1. The summed E-state index contributed by atoms with van der Waals surface area (Å²) in [6.45, 7) is 2.92. The molecule has 29 heavy (non-hydrogen) atoms. The van der Waals surface area contributed by atoms with Crippen LogP contribution in [0.15, 0.2) is 10.5 Å². The van der Waals surface area contributed by atoms with Crippen molar-refractivity contribution in [2.45, 2.75) is 26.0 Å². The Balaban J connectivity index is 0.00000420. The third-order valence-electron chi connectivity index (χ3n) is 3.16. The van der Waals surface area contributed by atoms with Gasteiger partial charge in [-0.2, -0.15) is 8.42 Å². The van der Waals surface area contributed by atoms with Crippen LogP contribution in [0.3, 0.4) is 0 Å². The van der Waals surface area contributed by atoms with Crippen LogP contribution in [0.1, 0.15) is 21.0 Å². The topological polar surface area (TPSA) is 167 Å². The van der Waals surface area contributed by atoms with Crippen LogP contribution in [-0.4, -0.2) is 70.3 Å². The molecule has 1 saturated heterocycles. The second-order valence-corrected chi connectivity index (χ2v) is 8.15. The zero-order chi connectivity index (χ0) is 21.1. The predicted octanol–water partition coefficient (Wildman–Crippen LogP) is -3.30. The zero-order valence-corrected chi connectivity index (χ0v) is 20.0. The number of aromatic nitrogens is 1. The number of amides is 3. The van der Waals surface area contributed by atoms with Crippen LogP contribution in [0.2, 0.25) is 0 Å². The van der Waals surface area contributed by atoms with Crippen LogP contribution in [0, 0.1) is 0 Å². The summed E-state index contributed by atoms with van der Waals surface area (Å²) < 4.78 is 31.0. The van der Waals surface area contributed by atoms with E-state index in [9.17, 15) is 22.8 Å². The monoisotopic (exact) mass is 477 g/mol. The van der Waals surface area contributed by atoms with E-state index in [4.69, 9.17) is 21.0 Å². The van der Waals surface area contributed by atoms with Gasteiger partial charge in [-0.25, -0.2) is 9.29 Å². The van der Waals surface area contributed by atoms with Crippen molar-refractivity contribution < 1.29 is 63.2 Å². The van der Waals surface area contributed by atoms with Crippen molar-refractivity contribution in [3.63, 3.8) is 0 Å². The molecule has 1 unspecified atom stereocenters. The molecule has 0 radical (unpaired) electrons. The maximum Gasteiger partial charge on any atom is 1.00 e. The molecule has 156 valence electrons. The summed E-state index contributed by atoms with van der Waals surface area (Å²) in [5.74, 6) is -2.61. The van der Waals surface area contributed by atoms with Crippen LogP contribution in [0.5, 0.6) is 0 Å². The molecule has 3 amide bonds. The van der Waals surface area contributed by atoms with E-state index >= 15 is 0 Å². The summed E-state index contributed by atoms with van der Waals surface area (Å²) in [5.41, 5.74) is -0.221. The van der Waals surface area contributed by atoms with Crippen molar-refractivity contribution >= 4 is 61.8 Å². The van der Waals surface area contributed by atoms with Gasteiger partial charge in [-0.15, -0.1) is 22.9 Å². The third-order valence-corrected chi connectivity index (χ3v) is 5.05. The minimum Gasteiger partial charge on any atom is -1.00 e. The van der Waals surface area contributed by atoms with Gasteiger partial charge in [0, 0.05) is 5.38 Å². The Morgan fingerprint density at radius 1 is 1.55 bits per heavy atom. The van der Waals surface area contributed by atoms with Crippen LogP contribution in [-0.2, 0) is 29.5 Å². The number of oxime groups is 1. The molecular formula is C13H17ClN5NaO7S2. The second-order valence-electron chi connectivity index (χ2n) is 5.69. The Morgan fingerprint density at radius 2 is 2.21 bits per heavy atom. The van der Waals surface area contributed by atoms with Crippen LogP contribution in [0.4, 0.5) is 5.13 Å². The Hall–Kier alpha value is -1.29. The van der Waals surface area contributed by atoms with E-state index in [-0.39, 0.29) is 63.8 Å². The number of rotatable bonds is 8. The van der Waals surface area contributed by atoms with E-state index in [2.05, 4.69) is 20.8 Å². The van der Waals surface area contributed by atoms with E-state index in [1.54, 1.807) is 13.8 Å². The molecule has 2 rings (SSSR count). The molecule has 0 saturated carbocycles. The van der Waals surface area contributed by atoms with Crippen molar-refractivity contribution in [3.05, 3.63) is 11.1 Å². The van der Waals surface area contributed by atoms with Crippen molar-refractivity contribution in [3.8, 4) is 0 Å². The molecule has 1 aromatic heterocycles. The normalized spacial score (nSPS) is 16.7. The number of halogens is 1. The summed E-state index contributed by atoms with van der Waals surface area (Å²) in [5, 5.41) is 10.0. The average Bonchev–Trinajstić information content (AvgIpc) is 3.04. The number of nitrogens with one attached hydrogen (secondary N) is 2. The molecule has 2 heterocycles. The number of nitrogens with zero attached hydrogens (tertiary/aromatic N) is 3. The molecule has 0 spiro atoms. The van der Waals surface area contributed by atoms with Crippen molar-refractivity contribution in [1.29, 1.82) is 0 Å². The minimum absolute atomic E-state index is 0. The fraction of sp³-hybridized carbons (Fsp3) is 0.462. The van der Waals surface area contributed by atoms with Gasteiger partial charge in [0.15, 0.2) is 10.8 Å². The third kappa shape index (κ3) is 6.87. The van der Waals surface area contributed by atoms with Gasteiger partial charge in [0.05, 0.1) is 6.54 Å². The first-order valence-electron chi connectivity index (χ1n) is 7.68. The van der Waals surface area contributed by atoms with Crippen LogP contribution >= 0.6 is 22.9 Å². The molecule has 0 aromatic carbocycles. The molecule has 0 aliphatic carbocycles. The number of hydrogen-bond acceptors (Lipinski definition) is 9. The summed E-state index contributed by atoms with van der Waals surface area (Å²) in [6.07, 6.45) is -0.364. The van der Waals surface area contributed by atoms with Gasteiger partial charge >= 0.3 is 39.9 Å². The number of carbonyl (C=O) groups excluding carboxylic acids is 3. The maximum atomic E-state index is 12.5. The summed E-state index contributed by atoms with van der Waals surface area (Å²) in [4.78, 5) is 44.7. The first kappa shape index (κ1) is 25.7. The maximum absolute atomic E-state index is 12.5. The second kappa shape index (κ2) is 10.7. The quantitative estimate of drug-likeness (QED) is 0.0873. The van der Waals surface area contributed by atoms with Crippen molar-refractivity contribution in [2.24, 2.45) is 5.16 Å². The van der Waals surface area contributed by atoms with Gasteiger partial charge in [-0.1, -0.05) is 5.16 Å². The van der Waals surface area contributed by atoms with E-state index in [0.29, 0.717) is 0 Å². The molecular weight excluding hydrogens is 461 g/mol. The molecule has 0 bridgehead atoms. The Bertz CT molecular complexity index is 927. The largest absolute Gasteiger partial charge is 1.00 e. The number of hydrogen-bond donors (Lipinski definition) is 3. The van der Waals surface area contributed by atoms with Gasteiger partial charge in [0.2, 0.25) is 5.91 Å². The molecule has 1 atom stereocenters. The first-order valence-corrected chi connectivity index (χ1v) is 10.5. The van der Waals surface area contributed by atoms with Gasteiger partial charge in [-0.05, 0) is 13.8 Å². The summed E-state index contributed by atoms with van der Waals surface area (Å²) in [7, 11) is -4.67. The first-order chi connectivity index (χ1) is 13.0. The summed E-state index contributed by atoms with van der Waals surface area (Å²) in [6, 6.07) is -1.16. The Morgan fingerprint density at radius 3 is 2.72 bits per heavy atom. The SMILES string of the molecule is CC(C)ON=C(C(=O)NC1CN(S(=O)(=O)O)C1=O)c1csc(NC(=O)CCl)n1.[H-].[Na+]. The molecule has 1 aromatic rings. The Labute approximate surface area is 198 Å². The number of β-lactam (4-membered cyclic amide) rings is 1. The van der Waals surface area contributed by atoms with Gasteiger partial charge in [0.25, 0.3) is 11.8 Å². The minimum atomic E-state index is -4.67. The molecule has 12 nitrogen and oxygen atoms in total. The van der Waals surface area contributed by atoms with Crippen LogP contribution < -0.4 is 40.2 Å². The molecule has 3 N–H and O–H groups in total. The molecule has 16 heteroatoms. The zero-order valence-electron chi connectivity index (χ0n) is 16.6. The van der Waals surface area contributed by atoms with Crippen LogP contribution in [0.25, 0.3) is 0 Å². The van der Waals surface area contributed by atoms with Gasteiger partial charge < -0.3 is 16.9 Å². The fourth-order valence-corrected chi connectivity index (χ4v) is 3.36. The number of thiazole rings is 1. The summed E-state index contributed by atoms with van der Waals surface area (Å²) >= 11 is 6.41. The standard InChI is InChI=1S/C13H16ClN5O7S2.Na.H/c1-6(2)26-18-10(8-5-27-13(16-8)17-9(20)3-14)11(21)15-7-4-19(12(7)22)28(23,24)25;;/h5-7H,3-4H2,1-2H3,(H,15,21)(H,16,17,20)(H,23,24,25);;/q;+1;-1. The Kier molecular flexibility index (Phi) is 9.46. The molecule has 1 aliphatic heterocycles. The fourth-order valence-electron chi connectivity index (χ4n) is 1.89. The van der Waals surface area contributed by atoms with Gasteiger partial charge in [-0.3, -0.25) is 18.9 Å². The van der Waals surface area contributed by atoms with E-state index in [1.807, 2.05) is 0 Å². The van der Waals surface area contributed by atoms with Gasteiger partial charge in [0.1, 0.15) is 23.7 Å². The smallest absolute Gasteiger partial charge is 1.00 e. The van der Waals surface area contributed by atoms with Crippen molar-refractivity contribution in [2.75, 3.05) is 17.7 Å². The van der Waals surface area contributed by atoms with E-state index < -0.39 is 40.6 Å². The molecule has 1 aliphatic rings. The molecule has 1 fully saturated rings.